The van der Waals surface area contributed by atoms with Crippen molar-refractivity contribution >= 4 is 18.2 Å². The Kier molecular flexibility index (Phi) is 5.09. The summed E-state index contributed by atoms with van der Waals surface area (Å²) in [4.78, 5) is 25.0. The highest BCUT2D eigenvalue weighted by Gasteiger charge is 2.57. The topological polar surface area (TPSA) is 140 Å². The van der Waals surface area contributed by atoms with Crippen molar-refractivity contribution in [2.24, 2.45) is 11.7 Å². The lowest BCUT2D eigenvalue weighted by molar-refractivity contribution is -0.217. The molecule has 1 saturated heterocycles. The summed E-state index contributed by atoms with van der Waals surface area (Å²) in [5, 5.41) is 20.1. The van der Waals surface area contributed by atoms with Crippen molar-refractivity contribution < 1.29 is 36.0 Å². The molecule has 1 aromatic rings. The first-order chi connectivity index (χ1) is 12.7. The van der Waals surface area contributed by atoms with Crippen LogP contribution in [0.1, 0.15) is 22.8 Å². The van der Waals surface area contributed by atoms with E-state index in [0.29, 0.717) is 10.8 Å². The standard InChI is InChI=1S/C14H19F2N3O6S/c1-5(2)7(17)12(23)24-4-14(16)9(21)8(20)11(25-14)19-3-6(15)10(22)18-13(19)26/h3,5,7-9,11,20-21H,4,17H2,1-2H3,(H,18,22,26)/t7-,8+,9-,11+,14+/m0/s1/i4D2. The number of esters is 1. The molecule has 2 heterocycles. The maximum Gasteiger partial charge on any atom is 0.323 e. The molecule has 0 amide bonds. The average molecular weight is 397 g/mol. The Hall–Kier alpha value is -1.73. The number of alkyl halides is 1. The summed E-state index contributed by atoms with van der Waals surface area (Å²) in [5.74, 6) is -6.88. The van der Waals surface area contributed by atoms with Crippen LogP contribution in [0.15, 0.2) is 11.0 Å². The van der Waals surface area contributed by atoms with Crippen LogP contribution in [0.25, 0.3) is 0 Å². The molecule has 1 aliphatic heterocycles. The van der Waals surface area contributed by atoms with Crippen molar-refractivity contribution in [3.8, 4) is 0 Å². The maximum absolute atomic E-state index is 15.3. The van der Waals surface area contributed by atoms with E-state index in [9.17, 15) is 24.2 Å². The normalized spacial score (nSPS) is 31.5. The third kappa shape index (κ3) is 3.83. The number of aliphatic hydroxyl groups is 2. The smallest absolute Gasteiger partial charge is 0.323 e. The largest absolute Gasteiger partial charge is 0.458 e. The van der Waals surface area contributed by atoms with Gasteiger partial charge in [-0.05, 0) is 18.1 Å². The van der Waals surface area contributed by atoms with Crippen LogP contribution < -0.4 is 11.3 Å². The minimum absolute atomic E-state index is 0.464. The number of hydrogen-bond donors (Lipinski definition) is 4. The minimum Gasteiger partial charge on any atom is -0.458 e. The van der Waals surface area contributed by atoms with Gasteiger partial charge in [0.05, 0.1) is 8.94 Å². The summed E-state index contributed by atoms with van der Waals surface area (Å²) < 4.78 is 53.6. The zero-order valence-corrected chi connectivity index (χ0v) is 14.5. The molecule has 9 nitrogen and oxygen atoms in total. The molecular weight excluding hydrogens is 376 g/mol. The first kappa shape index (κ1) is 17.7. The van der Waals surface area contributed by atoms with Crippen LogP contribution in [0.4, 0.5) is 8.78 Å². The fourth-order valence-corrected chi connectivity index (χ4v) is 2.36. The van der Waals surface area contributed by atoms with Crippen molar-refractivity contribution in [3.05, 3.63) is 27.1 Å². The summed E-state index contributed by atoms with van der Waals surface area (Å²) >= 11 is 4.78. The molecule has 0 bridgehead atoms. The molecule has 26 heavy (non-hydrogen) atoms. The number of ether oxygens (including phenoxy) is 2. The van der Waals surface area contributed by atoms with E-state index in [4.69, 9.17) is 25.4 Å². The summed E-state index contributed by atoms with van der Waals surface area (Å²) in [6.45, 7) is -0.506. The quantitative estimate of drug-likeness (QED) is 0.385. The van der Waals surface area contributed by atoms with Gasteiger partial charge in [0, 0.05) is 0 Å². The molecule has 5 N–H and O–H groups in total. The Morgan fingerprint density at radius 3 is 2.85 bits per heavy atom. The lowest BCUT2D eigenvalue weighted by atomic mass is 10.1. The van der Waals surface area contributed by atoms with E-state index in [2.05, 4.69) is 4.74 Å². The Morgan fingerprint density at radius 1 is 1.65 bits per heavy atom. The van der Waals surface area contributed by atoms with E-state index in [1.54, 1.807) is 13.8 Å². The zero-order chi connectivity index (χ0) is 21.6. The van der Waals surface area contributed by atoms with Gasteiger partial charge < -0.3 is 25.4 Å². The van der Waals surface area contributed by atoms with Crippen LogP contribution in [0.2, 0.25) is 0 Å². The predicted molar refractivity (Wildman–Crippen MR) is 85.6 cm³/mol. The number of carbonyl (C=O) groups excluding carboxylic acids is 1. The van der Waals surface area contributed by atoms with Gasteiger partial charge in [0.1, 0.15) is 18.2 Å². The molecule has 0 radical (unpaired) electrons. The van der Waals surface area contributed by atoms with Gasteiger partial charge in [0.25, 0.3) is 11.4 Å². The second kappa shape index (κ2) is 7.48. The third-order valence-corrected chi connectivity index (χ3v) is 4.08. The van der Waals surface area contributed by atoms with Gasteiger partial charge in [0.15, 0.2) is 17.6 Å². The van der Waals surface area contributed by atoms with E-state index in [0.717, 1.165) is 0 Å². The molecule has 5 atom stereocenters. The SMILES string of the molecule is [2H]C([2H])(OC(=O)[C@@H](N)C(C)C)[C@@]1(F)O[C@@H](n2cc(F)c(=O)[nH]c2=S)[C@H](O)[C@@H]1O. The van der Waals surface area contributed by atoms with Crippen molar-refractivity contribution in [1.29, 1.82) is 0 Å². The van der Waals surface area contributed by atoms with Gasteiger partial charge in [-0.2, -0.15) is 4.39 Å². The lowest BCUT2D eigenvalue weighted by Crippen LogP contribution is -2.46. The number of aromatic nitrogens is 2. The molecule has 0 unspecified atom stereocenters. The third-order valence-electron chi connectivity index (χ3n) is 3.77. The minimum atomic E-state index is -3.76. The Bertz CT molecular complexity index is 881. The number of carbonyl (C=O) groups is 1. The molecule has 1 aromatic heterocycles. The molecule has 2 rings (SSSR count). The maximum atomic E-state index is 15.3. The van der Waals surface area contributed by atoms with Crippen molar-refractivity contribution in [1.82, 2.24) is 9.55 Å². The molecule has 12 heteroatoms. The predicted octanol–water partition coefficient (Wildman–Crippen LogP) is -0.512. The van der Waals surface area contributed by atoms with Gasteiger partial charge in [0.2, 0.25) is 5.82 Å². The van der Waals surface area contributed by atoms with E-state index < -0.39 is 64.9 Å². The number of H-pyrrole nitrogens is 1. The summed E-state index contributed by atoms with van der Waals surface area (Å²) in [6, 6.07) is -1.29. The van der Waals surface area contributed by atoms with Crippen LogP contribution in [0.5, 0.6) is 0 Å². The second-order valence-electron chi connectivity index (χ2n) is 6.03. The fourth-order valence-electron chi connectivity index (χ4n) is 2.11. The number of halogens is 2. The number of nitrogens with one attached hydrogen (secondary N) is 1. The van der Waals surface area contributed by atoms with E-state index >= 15 is 4.39 Å². The highest BCUT2D eigenvalue weighted by Crippen LogP contribution is 2.38. The monoisotopic (exact) mass is 397 g/mol. The van der Waals surface area contributed by atoms with Crippen LogP contribution in [-0.2, 0) is 14.3 Å². The Morgan fingerprint density at radius 2 is 2.27 bits per heavy atom. The van der Waals surface area contributed by atoms with Gasteiger partial charge in [-0.3, -0.25) is 19.1 Å². The summed E-state index contributed by atoms with van der Waals surface area (Å²) in [6.07, 6.45) is -6.17. The van der Waals surface area contributed by atoms with Gasteiger partial charge in [-0.15, -0.1) is 0 Å². The highest BCUT2D eigenvalue weighted by molar-refractivity contribution is 7.71. The molecule has 0 aromatic carbocycles. The van der Waals surface area contributed by atoms with E-state index in [-0.39, 0.29) is 0 Å². The highest BCUT2D eigenvalue weighted by atomic mass is 32.1. The summed E-state index contributed by atoms with van der Waals surface area (Å²) in [5.41, 5.74) is 4.34. The van der Waals surface area contributed by atoms with Crippen molar-refractivity contribution in [3.63, 3.8) is 0 Å². The van der Waals surface area contributed by atoms with Crippen LogP contribution >= 0.6 is 12.2 Å². The molecule has 0 saturated carbocycles. The number of nitrogens with zero attached hydrogens (tertiary/aromatic N) is 1. The number of aromatic amines is 1. The molecule has 0 aliphatic carbocycles. The molecule has 0 spiro atoms. The summed E-state index contributed by atoms with van der Waals surface area (Å²) in [7, 11) is 0. The van der Waals surface area contributed by atoms with Gasteiger partial charge in [-0.1, -0.05) is 13.8 Å². The van der Waals surface area contributed by atoms with Crippen LogP contribution in [-0.4, -0.2) is 56.4 Å². The Labute approximate surface area is 154 Å². The van der Waals surface area contributed by atoms with Gasteiger partial charge in [-0.25, -0.2) is 4.39 Å². The lowest BCUT2D eigenvalue weighted by Gasteiger charge is -2.24. The van der Waals surface area contributed by atoms with Crippen molar-refractivity contribution in [2.75, 3.05) is 6.56 Å². The van der Waals surface area contributed by atoms with Crippen molar-refractivity contribution in [2.45, 2.75) is 44.2 Å². The van der Waals surface area contributed by atoms with E-state index in [1.807, 2.05) is 4.98 Å². The average Bonchev–Trinajstić information content (AvgIpc) is 2.82. The number of rotatable bonds is 5. The second-order valence-corrected chi connectivity index (χ2v) is 6.41. The molecule has 1 fully saturated rings. The Balaban J connectivity index is 2.38. The zero-order valence-electron chi connectivity index (χ0n) is 15.7. The molecular formula is C14H19F2N3O6S. The first-order valence-electron chi connectivity index (χ1n) is 8.45. The first-order valence-corrected chi connectivity index (χ1v) is 7.86. The van der Waals surface area contributed by atoms with Crippen LogP contribution in [0, 0.1) is 16.5 Å². The number of aliphatic hydroxyl groups excluding tert-OH is 2. The molecule has 146 valence electrons. The van der Waals surface area contributed by atoms with E-state index in [1.165, 1.54) is 0 Å². The fraction of sp³-hybridized carbons (Fsp3) is 0.643. The number of nitrogens with two attached hydrogens (primary N) is 1. The number of hydrogen-bond acceptors (Lipinski definition) is 8. The van der Waals surface area contributed by atoms with Gasteiger partial charge >= 0.3 is 5.97 Å². The van der Waals surface area contributed by atoms with Crippen LogP contribution in [0.3, 0.4) is 0 Å². The molecule has 1 aliphatic rings.